The molecule has 4 aromatic rings. The van der Waals surface area contributed by atoms with Crippen molar-refractivity contribution in [1.29, 1.82) is 0 Å². The van der Waals surface area contributed by atoms with Gasteiger partial charge in [-0.2, -0.15) is 0 Å². The molecular formula is C32H26O8S2. The fourth-order valence-electron chi connectivity index (χ4n) is 3.96. The Labute approximate surface area is 244 Å². The van der Waals surface area contributed by atoms with Gasteiger partial charge in [0.15, 0.2) is 12.2 Å². The molecule has 0 spiro atoms. The predicted octanol–water partition coefficient (Wildman–Crippen LogP) is 5.26. The molecule has 8 nitrogen and oxygen atoms in total. The number of rotatable bonds is 8. The summed E-state index contributed by atoms with van der Waals surface area (Å²) in [6, 6.07) is 27.5. The first kappa shape index (κ1) is 30.2. The zero-order valence-electron chi connectivity index (χ0n) is 22.6. The minimum absolute atomic E-state index is 0.0512. The second-order valence-electron chi connectivity index (χ2n) is 9.04. The minimum Gasteiger partial charge on any atom is -0.444 e. The first-order valence-electron chi connectivity index (χ1n) is 12.6. The number of hydrogen-bond acceptors (Lipinski definition) is 8. The van der Waals surface area contributed by atoms with Crippen molar-refractivity contribution in [1.82, 2.24) is 0 Å². The van der Waals surface area contributed by atoms with E-state index in [1.54, 1.807) is 36.4 Å². The SMILES string of the molecule is CC(=O)OC(C#CC(OC(C)=O)c1ccc(S(=O)(=O)c2ccccc2)cc1)c1ccc(S(=O)(=O)c2ccccc2)cc1. The molecule has 0 heterocycles. The lowest BCUT2D eigenvalue weighted by molar-refractivity contribution is -0.145. The second-order valence-corrected chi connectivity index (χ2v) is 12.9. The largest absolute Gasteiger partial charge is 0.444 e. The maximum atomic E-state index is 12.9. The Morgan fingerprint density at radius 1 is 0.500 bits per heavy atom. The zero-order valence-corrected chi connectivity index (χ0v) is 24.3. The van der Waals surface area contributed by atoms with E-state index in [-0.39, 0.29) is 19.6 Å². The summed E-state index contributed by atoms with van der Waals surface area (Å²) in [6.07, 6.45) is -2.21. The Kier molecular flexibility index (Phi) is 9.25. The number of carbonyl (C=O) groups excluding carboxylic acids is 2. The molecule has 0 aliphatic rings. The molecule has 42 heavy (non-hydrogen) atoms. The highest BCUT2D eigenvalue weighted by atomic mass is 32.2. The number of ether oxygens (including phenoxy) is 2. The van der Waals surface area contributed by atoms with E-state index in [0.717, 1.165) is 0 Å². The van der Waals surface area contributed by atoms with Gasteiger partial charge in [-0.05, 0) is 60.4 Å². The fraction of sp³-hybridized carbons (Fsp3) is 0.125. The van der Waals surface area contributed by atoms with E-state index in [2.05, 4.69) is 11.8 Å². The molecule has 0 amide bonds. The third-order valence-corrected chi connectivity index (χ3v) is 9.58. The van der Waals surface area contributed by atoms with Crippen LogP contribution in [0, 0.1) is 11.8 Å². The van der Waals surface area contributed by atoms with Gasteiger partial charge in [0.1, 0.15) is 0 Å². The van der Waals surface area contributed by atoms with Crippen LogP contribution in [0.5, 0.6) is 0 Å². The Morgan fingerprint density at radius 3 is 1.07 bits per heavy atom. The van der Waals surface area contributed by atoms with Crippen molar-refractivity contribution >= 4 is 31.6 Å². The van der Waals surface area contributed by atoms with Crippen molar-refractivity contribution in [3.05, 3.63) is 120 Å². The Hall–Kier alpha value is -4.72. The third kappa shape index (κ3) is 7.13. The minimum atomic E-state index is -3.76. The molecule has 0 aliphatic heterocycles. The molecule has 0 saturated heterocycles. The summed E-state index contributed by atoms with van der Waals surface area (Å²) in [7, 11) is -7.51. The quantitative estimate of drug-likeness (QED) is 0.198. The lowest BCUT2D eigenvalue weighted by atomic mass is 10.1. The first-order chi connectivity index (χ1) is 20.0. The smallest absolute Gasteiger partial charge is 0.304 e. The predicted molar refractivity (Wildman–Crippen MR) is 153 cm³/mol. The van der Waals surface area contributed by atoms with Crippen LogP contribution in [-0.2, 0) is 38.7 Å². The van der Waals surface area contributed by atoms with Crippen LogP contribution in [0.25, 0.3) is 0 Å². The van der Waals surface area contributed by atoms with Crippen LogP contribution in [-0.4, -0.2) is 28.8 Å². The molecule has 4 rings (SSSR count). The van der Waals surface area contributed by atoms with Gasteiger partial charge in [0.05, 0.1) is 19.6 Å². The molecular weight excluding hydrogens is 576 g/mol. The molecule has 0 bridgehead atoms. The van der Waals surface area contributed by atoms with E-state index in [1.165, 1.54) is 86.6 Å². The average molecular weight is 603 g/mol. The van der Waals surface area contributed by atoms with Gasteiger partial charge in [0, 0.05) is 25.0 Å². The lowest BCUT2D eigenvalue weighted by Gasteiger charge is -2.15. The highest BCUT2D eigenvalue weighted by Gasteiger charge is 2.21. The average Bonchev–Trinajstić information content (AvgIpc) is 2.99. The molecule has 214 valence electrons. The molecule has 4 aromatic carbocycles. The van der Waals surface area contributed by atoms with E-state index in [4.69, 9.17) is 9.47 Å². The van der Waals surface area contributed by atoms with Crippen LogP contribution in [0.4, 0.5) is 0 Å². The topological polar surface area (TPSA) is 121 Å². The zero-order chi connectivity index (χ0) is 30.3. The van der Waals surface area contributed by atoms with Crippen LogP contribution < -0.4 is 0 Å². The van der Waals surface area contributed by atoms with E-state index >= 15 is 0 Å². The van der Waals surface area contributed by atoms with Gasteiger partial charge < -0.3 is 9.47 Å². The normalized spacial score (nSPS) is 12.7. The number of carbonyl (C=O) groups is 2. The van der Waals surface area contributed by atoms with E-state index < -0.39 is 43.8 Å². The summed E-state index contributed by atoms with van der Waals surface area (Å²) in [6.45, 7) is 2.41. The van der Waals surface area contributed by atoms with Crippen molar-refractivity contribution in [3.8, 4) is 11.8 Å². The van der Waals surface area contributed by atoms with Crippen LogP contribution in [0.1, 0.15) is 37.2 Å². The number of sulfone groups is 2. The van der Waals surface area contributed by atoms with Gasteiger partial charge >= 0.3 is 11.9 Å². The molecule has 0 saturated carbocycles. The van der Waals surface area contributed by atoms with Crippen molar-refractivity contribution in [2.75, 3.05) is 0 Å². The first-order valence-corrected chi connectivity index (χ1v) is 15.6. The highest BCUT2D eigenvalue weighted by molar-refractivity contribution is 7.91. The van der Waals surface area contributed by atoms with E-state index in [0.29, 0.717) is 11.1 Å². The molecule has 10 heteroatoms. The van der Waals surface area contributed by atoms with Crippen molar-refractivity contribution in [2.45, 2.75) is 45.6 Å². The van der Waals surface area contributed by atoms with Crippen LogP contribution in [0.2, 0.25) is 0 Å². The van der Waals surface area contributed by atoms with Crippen molar-refractivity contribution in [2.24, 2.45) is 0 Å². The van der Waals surface area contributed by atoms with E-state index in [9.17, 15) is 26.4 Å². The number of benzene rings is 4. The summed E-state index contributed by atoms with van der Waals surface area (Å²) in [4.78, 5) is 24.1. The van der Waals surface area contributed by atoms with Gasteiger partial charge in [0.2, 0.25) is 19.7 Å². The van der Waals surface area contributed by atoms with Crippen molar-refractivity contribution < 1.29 is 35.9 Å². The number of esters is 2. The Bertz CT molecular complexity index is 1700. The second kappa shape index (κ2) is 12.9. The molecule has 0 radical (unpaired) electrons. The highest BCUT2D eigenvalue weighted by Crippen LogP contribution is 2.26. The summed E-state index contributed by atoms with van der Waals surface area (Å²) in [5.74, 6) is 4.33. The van der Waals surface area contributed by atoms with E-state index in [1.807, 2.05) is 0 Å². The summed E-state index contributed by atoms with van der Waals surface area (Å²) < 4.78 is 62.5. The monoisotopic (exact) mass is 602 g/mol. The standard InChI is InChI=1S/C32H26O8S2/c1-23(33)39-31(25-13-17-29(18-14-25)41(35,36)27-9-5-3-6-10-27)21-22-32(40-24(2)34)26-15-19-30(20-16-26)42(37,38)28-11-7-4-8-12-28/h3-20,31-32H,1-2H3. The Balaban J connectivity index is 1.63. The van der Waals surface area contributed by atoms with Gasteiger partial charge in [0.25, 0.3) is 0 Å². The third-order valence-electron chi connectivity index (χ3n) is 6.01. The maximum Gasteiger partial charge on any atom is 0.304 e. The summed E-state index contributed by atoms with van der Waals surface area (Å²) in [5.41, 5.74) is 0.797. The van der Waals surface area contributed by atoms with Gasteiger partial charge in [-0.25, -0.2) is 16.8 Å². The molecule has 2 unspecified atom stereocenters. The Morgan fingerprint density at radius 2 is 0.786 bits per heavy atom. The molecule has 0 N–H and O–H groups in total. The van der Waals surface area contributed by atoms with Gasteiger partial charge in [-0.15, -0.1) is 0 Å². The van der Waals surface area contributed by atoms with Gasteiger partial charge in [-0.1, -0.05) is 60.7 Å². The van der Waals surface area contributed by atoms with Crippen LogP contribution >= 0.6 is 0 Å². The molecule has 0 fully saturated rings. The number of hydrogen-bond donors (Lipinski definition) is 0. The van der Waals surface area contributed by atoms with Crippen LogP contribution in [0.3, 0.4) is 0 Å². The van der Waals surface area contributed by atoms with Gasteiger partial charge in [-0.3, -0.25) is 9.59 Å². The summed E-state index contributed by atoms with van der Waals surface area (Å²) in [5, 5.41) is 0. The molecule has 0 aliphatic carbocycles. The maximum absolute atomic E-state index is 12.9. The van der Waals surface area contributed by atoms with Crippen molar-refractivity contribution in [3.63, 3.8) is 0 Å². The summed E-state index contributed by atoms with van der Waals surface area (Å²) >= 11 is 0. The van der Waals surface area contributed by atoms with Crippen LogP contribution in [0.15, 0.2) is 129 Å². The molecule has 2 atom stereocenters. The lowest BCUT2D eigenvalue weighted by Crippen LogP contribution is -2.10. The molecule has 0 aromatic heterocycles. The fourth-order valence-corrected chi connectivity index (χ4v) is 6.52.